The van der Waals surface area contributed by atoms with Crippen molar-refractivity contribution < 1.29 is 5.11 Å². The van der Waals surface area contributed by atoms with Gasteiger partial charge in [-0.3, -0.25) is 0 Å². The van der Waals surface area contributed by atoms with Crippen LogP contribution in [0.4, 0.5) is 0 Å². The molecule has 0 radical (unpaired) electrons. The number of allylic oxidation sites excluding steroid dienone is 1. The van der Waals surface area contributed by atoms with Crippen molar-refractivity contribution in [3.8, 4) is 0 Å². The molecule has 0 heterocycles. The topological polar surface area (TPSA) is 46.2 Å². The molecule has 2 unspecified atom stereocenters. The summed E-state index contributed by atoms with van der Waals surface area (Å²) in [7, 11) is 0. The van der Waals surface area contributed by atoms with Gasteiger partial charge in [-0.25, -0.2) is 0 Å². The summed E-state index contributed by atoms with van der Waals surface area (Å²) in [5.41, 5.74) is 6.13. The Balaban J connectivity index is 2.42. The van der Waals surface area contributed by atoms with E-state index in [0.717, 1.165) is 25.7 Å². The molecule has 0 aliphatic heterocycles. The zero-order chi connectivity index (χ0) is 9.03. The molecular weight excluding hydrogens is 150 g/mol. The van der Waals surface area contributed by atoms with Crippen molar-refractivity contribution in [2.24, 2.45) is 11.7 Å². The second-order valence-corrected chi connectivity index (χ2v) is 4.07. The highest BCUT2D eigenvalue weighted by atomic mass is 16.3. The lowest BCUT2D eigenvalue weighted by molar-refractivity contribution is 0.195. The monoisotopic (exact) mass is 169 g/mol. The smallest absolute Gasteiger partial charge is 0.0457 e. The number of aliphatic hydroxyl groups is 1. The highest BCUT2D eigenvalue weighted by molar-refractivity contribution is 5.01. The van der Waals surface area contributed by atoms with Crippen LogP contribution in [-0.2, 0) is 0 Å². The second-order valence-electron chi connectivity index (χ2n) is 4.07. The van der Waals surface area contributed by atoms with Crippen LogP contribution in [0, 0.1) is 5.92 Å². The van der Waals surface area contributed by atoms with Gasteiger partial charge in [0.2, 0.25) is 0 Å². The van der Waals surface area contributed by atoms with E-state index in [1.165, 1.54) is 0 Å². The van der Waals surface area contributed by atoms with Crippen molar-refractivity contribution in [2.75, 3.05) is 6.61 Å². The first-order valence-electron chi connectivity index (χ1n) is 4.71. The lowest BCUT2D eigenvalue weighted by Crippen LogP contribution is -2.42. The van der Waals surface area contributed by atoms with Gasteiger partial charge in [0.15, 0.2) is 0 Å². The van der Waals surface area contributed by atoms with Crippen molar-refractivity contribution in [2.45, 2.75) is 38.1 Å². The van der Waals surface area contributed by atoms with Gasteiger partial charge in [0.05, 0.1) is 0 Å². The fourth-order valence-corrected chi connectivity index (χ4v) is 1.85. The Morgan fingerprint density at radius 3 is 2.83 bits per heavy atom. The average Bonchev–Trinajstić information content (AvgIpc) is 2.05. The van der Waals surface area contributed by atoms with Crippen LogP contribution in [0.3, 0.4) is 0 Å². The minimum Gasteiger partial charge on any atom is -0.396 e. The fourth-order valence-electron chi connectivity index (χ4n) is 1.85. The standard InChI is InChI=1S/C10H19NO/c1-9(8-12)7-10(11)5-3-2-4-6-10/h2-3,9,12H,4-8,11H2,1H3. The van der Waals surface area contributed by atoms with Crippen LogP contribution in [0.25, 0.3) is 0 Å². The predicted molar refractivity (Wildman–Crippen MR) is 50.8 cm³/mol. The van der Waals surface area contributed by atoms with Crippen molar-refractivity contribution in [1.29, 1.82) is 0 Å². The first kappa shape index (κ1) is 9.75. The molecule has 0 spiro atoms. The summed E-state index contributed by atoms with van der Waals surface area (Å²) < 4.78 is 0. The third-order valence-electron chi connectivity index (χ3n) is 2.57. The summed E-state index contributed by atoms with van der Waals surface area (Å²) in [5, 5.41) is 8.91. The molecule has 1 rings (SSSR count). The quantitative estimate of drug-likeness (QED) is 0.628. The van der Waals surface area contributed by atoms with E-state index in [1.807, 2.05) is 6.92 Å². The largest absolute Gasteiger partial charge is 0.396 e. The Kier molecular flexibility index (Phi) is 3.29. The number of hydrogen-bond acceptors (Lipinski definition) is 2. The first-order chi connectivity index (χ1) is 5.66. The van der Waals surface area contributed by atoms with Gasteiger partial charge in [-0.05, 0) is 31.6 Å². The summed E-state index contributed by atoms with van der Waals surface area (Å²) in [6, 6.07) is 0. The van der Waals surface area contributed by atoms with Gasteiger partial charge in [0, 0.05) is 12.1 Å². The van der Waals surface area contributed by atoms with E-state index in [1.54, 1.807) is 0 Å². The molecule has 0 bridgehead atoms. The Morgan fingerprint density at radius 1 is 1.58 bits per heavy atom. The van der Waals surface area contributed by atoms with Gasteiger partial charge in [-0.2, -0.15) is 0 Å². The molecular formula is C10H19NO. The molecule has 0 saturated heterocycles. The van der Waals surface area contributed by atoms with Crippen LogP contribution < -0.4 is 5.73 Å². The summed E-state index contributed by atoms with van der Waals surface area (Å²) in [6.45, 7) is 2.30. The van der Waals surface area contributed by atoms with Crippen molar-refractivity contribution in [1.82, 2.24) is 0 Å². The minimum absolute atomic E-state index is 0.0447. The van der Waals surface area contributed by atoms with E-state index in [0.29, 0.717) is 5.92 Å². The van der Waals surface area contributed by atoms with Gasteiger partial charge in [0.25, 0.3) is 0 Å². The Labute approximate surface area is 74.5 Å². The molecule has 3 N–H and O–H groups in total. The van der Waals surface area contributed by atoms with E-state index < -0.39 is 0 Å². The van der Waals surface area contributed by atoms with E-state index in [9.17, 15) is 0 Å². The van der Waals surface area contributed by atoms with Crippen LogP contribution in [0.1, 0.15) is 32.6 Å². The minimum atomic E-state index is -0.0447. The Hall–Kier alpha value is -0.340. The van der Waals surface area contributed by atoms with Crippen LogP contribution >= 0.6 is 0 Å². The van der Waals surface area contributed by atoms with Crippen LogP contribution in [0.5, 0.6) is 0 Å². The number of hydrogen-bond donors (Lipinski definition) is 2. The maximum absolute atomic E-state index is 8.91. The molecule has 0 aromatic heterocycles. The fraction of sp³-hybridized carbons (Fsp3) is 0.800. The lowest BCUT2D eigenvalue weighted by atomic mass is 9.80. The van der Waals surface area contributed by atoms with Gasteiger partial charge in [-0.1, -0.05) is 19.1 Å². The lowest BCUT2D eigenvalue weighted by Gasteiger charge is -2.32. The molecule has 2 heteroatoms. The van der Waals surface area contributed by atoms with Crippen molar-refractivity contribution >= 4 is 0 Å². The normalized spacial score (nSPS) is 31.9. The van der Waals surface area contributed by atoms with Crippen LogP contribution in [0.15, 0.2) is 12.2 Å². The van der Waals surface area contributed by atoms with Gasteiger partial charge >= 0.3 is 0 Å². The molecule has 1 aliphatic rings. The number of aliphatic hydroxyl groups excluding tert-OH is 1. The second kappa shape index (κ2) is 4.06. The molecule has 0 saturated carbocycles. The molecule has 70 valence electrons. The SMILES string of the molecule is CC(CO)CC1(N)CC=CCC1. The van der Waals surface area contributed by atoms with E-state index >= 15 is 0 Å². The summed E-state index contributed by atoms with van der Waals surface area (Å²) in [5.74, 6) is 0.335. The molecule has 0 aromatic carbocycles. The number of rotatable bonds is 3. The zero-order valence-electron chi connectivity index (χ0n) is 7.79. The highest BCUT2D eigenvalue weighted by Gasteiger charge is 2.26. The van der Waals surface area contributed by atoms with Crippen molar-refractivity contribution in [3.05, 3.63) is 12.2 Å². The zero-order valence-corrected chi connectivity index (χ0v) is 7.79. The maximum atomic E-state index is 8.91. The summed E-state index contributed by atoms with van der Waals surface area (Å²) in [4.78, 5) is 0. The summed E-state index contributed by atoms with van der Waals surface area (Å²) >= 11 is 0. The van der Waals surface area contributed by atoms with Crippen LogP contribution in [0.2, 0.25) is 0 Å². The molecule has 0 fully saturated rings. The number of nitrogens with two attached hydrogens (primary N) is 1. The average molecular weight is 169 g/mol. The van der Waals surface area contributed by atoms with E-state index in [2.05, 4.69) is 12.2 Å². The maximum Gasteiger partial charge on any atom is 0.0457 e. The highest BCUT2D eigenvalue weighted by Crippen LogP contribution is 2.27. The molecule has 12 heavy (non-hydrogen) atoms. The predicted octanol–water partition coefficient (Wildman–Crippen LogP) is 1.44. The van der Waals surface area contributed by atoms with Crippen LogP contribution in [-0.4, -0.2) is 17.3 Å². The van der Waals surface area contributed by atoms with Gasteiger partial charge in [-0.15, -0.1) is 0 Å². The molecule has 2 atom stereocenters. The van der Waals surface area contributed by atoms with E-state index in [-0.39, 0.29) is 12.1 Å². The first-order valence-corrected chi connectivity index (χ1v) is 4.71. The van der Waals surface area contributed by atoms with Gasteiger partial charge in [0.1, 0.15) is 0 Å². The third-order valence-corrected chi connectivity index (χ3v) is 2.57. The molecule has 0 amide bonds. The van der Waals surface area contributed by atoms with Crippen molar-refractivity contribution in [3.63, 3.8) is 0 Å². The van der Waals surface area contributed by atoms with Gasteiger partial charge < -0.3 is 10.8 Å². The third kappa shape index (κ3) is 2.61. The Morgan fingerprint density at radius 2 is 2.33 bits per heavy atom. The molecule has 2 nitrogen and oxygen atoms in total. The molecule has 1 aliphatic carbocycles. The Bertz CT molecular complexity index is 167. The molecule has 0 aromatic rings. The summed E-state index contributed by atoms with van der Waals surface area (Å²) in [6.07, 6.45) is 8.41. The van der Waals surface area contributed by atoms with E-state index in [4.69, 9.17) is 10.8 Å².